The Morgan fingerprint density at radius 3 is 2.95 bits per heavy atom. The van der Waals surface area contributed by atoms with Crippen molar-refractivity contribution in [2.24, 2.45) is 0 Å². The quantitative estimate of drug-likeness (QED) is 0.756. The molecule has 0 aliphatic heterocycles. The number of H-pyrrole nitrogens is 1. The Labute approximate surface area is 115 Å². The van der Waals surface area contributed by atoms with Gasteiger partial charge in [-0.25, -0.2) is 4.63 Å². The number of aromatic amines is 1. The smallest absolute Gasteiger partial charge is 0.226 e. The Kier molecular flexibility index (Phi) is 3.20. The van der Waals surface area contributed by atoms with Gasteiger partial charge in [-0.1, -0.05) is 28.5 Å². The van der Waals surface area contributed by atoms with Gasteiger partial charge in [-0.2, -0.15) is 0 Å². The largest absolute Gasteiger partial charge is 0.357 e. The summed E-state index contributed by atoms with van der Waals surface area (Å²) in [5.74, 6) is -0.109. The number of aryl methyl sites for hydroxylation is 1. The highest BCUT2D eigenvalue weighted by atomic mass is 16.6. The number of hydrogen-bond acceptors (Lipinski definition) is 4. The molecule has 0 saturated heterocycles. The van der Waals surface area contributed by atoms with Crippen LogP contribution in [0.5, 0.6) is 0 Å². The predicted octanol–water partition coefficient (Wildman–Crippen LogP) is 1.72. The average Bonchev–Trinajstić information content (AvgIpc) is 3.03. The lowest BCUT2D eigenvalue weighted by Gasteiger charge is -2.01. The fourth-order valence-electron chi connectivity index (χ4n) is 2.05. The highest BCUT2D eigenvalue weighted by Gasteiger charge is 2.11. The number of carbonyl (C=O) groups is 1. The van der Waals surface area contributed by atoms with E-state index in [-0.39, 0.29) is 12.3 Å². The molecule has 2 N–H and O–H groups in total. The molecule has 6 nitrogen and oxygen atoms in total. The standard InChI is InChI=1S/C14H14N4O2/c1-9-13(18-20-17-9)7-14(19)15-8-11-6-10-4-2-3-5-12(10)16-11/h2-6,16H,7-8H2,1H3,(H,15,19). The number of carbonyl (C=O) groups excluding carboxylic acids is 1. The summed E-state index contributed by atoms with van der Waals surface area (Å²) in [6.07, 6.45) is 0.176. The molecule has 2 heterocycles. The second-order valence-corrected chi connectivity index (χ2v) is 4.63. The van der Waals surface area contributed by atoms with E-state index in [0.717, 1.165) is 16.6 Å². The zero-order valence-corrected chi connectivity index (χ0v) is 11.0. The maximum absolute atomic E-state index is 11.8. The minimum absolute atomic E-state index is 0.109. The molecule has 0 spiro atoms. The van der Waals surface area contributed by atoms with Crippen LogP contribution in [0.3, 0.4) is 0 Å². The average molecular weight is 270 g/mol. The van der Waals surface area contributed by atoms with Crippen molar-refractivity contribution in [3.05, 3.63) is 47.4 Å². The fraction of sp³-hybridized carbons (Fsp3) is 0.214. The van der Waals surface area contributed by atoms with E-state index in [2.05, 4.69) is 25.2 Å². The molecule has 3 rings (SSSR count). The van der Waals surface area contributed by atoms with Gasteiger partial charge in [0, 0.05) is 11.2 Å². The molecule has 0 bridgehead atoms. The maximum Gasteiger partial charge on any atom is 0.226 e. The number of nitrogens with one attached hydrogen (secondary N) is 2. The predicted molar refractivity (Wildman–Crippen MR) is 72.9 cm³/mol. The summed E-state index contributed by atoms with van der Waals surface area (Å²) in [5.41, 5.74) is 3.24. The lowest BCUT2D eigenvalue weighted by Crippen LogP contribution is -2.25. The number of amides is 1. The molecule has 6 heteroatoms. The van der Waals surface area contributed by atoms with Crippen LogP contribution in [0.4, 0.5) is 0 Å². The van der Waals surface area contributed by atoms with Crippen molar-refractivity contribution in [1.82, 2.24) is 20.6 Å². The monoisotopic (exact) mass is 270 g/mol. The summed E-state index contributed by atoms with van der Waals surface area (Å²) in [6, 6.07) is 10.0. The van der Waals surface area contributed by atoms with E-state index >= 15 is 0 Å². The van der Waals surface area contributed by atoms with Crippen LogP contribution in [0, 0.1) is 6.92 Å². The van der Waals surface area contributed by atoms with Crippen molar-refractivity contribution >= 4 is 16.8 Å². The molecule has 2 aromatic heterocycles. The van der Waals surface area contributed by atoms with E-state index in [0.29, 0.717) is 17.9 Å². The first-order valence-corrected chi connectivity index (χ1v) is 6.34. The van der Waals surface area contributed by atoms with Gasteiger partial charge in [0.25, 0.3) is 0 Å². The Morgan fingerprint density at radius 1 is 1.35 bits per heavy atom. The molecule has 1 aromatic carbocycles. The molecule has 0 atom stereocenters. The van der Waals surface area contributed by atoms with Gasteiger partial charge in [-0.15, -0.1) is 0 Å². The Bertz CT molecular complexity index is 711. The van der Waals surface area contributed by atoms with Crippen LogP contribution >= 0.6 is 0 Å². The van der Waals surface area contributed by atoms with Crippen molar-refractivity contribution in [3.63, 3.8) is 0 Å². The third-order valence-electron chi connectivity index (χ3n) is 3.14. The number of nitrogens with zero attached hydrogens (tertiary/aromatic N) is 2. The summed E-state index contributed by atoms with van der Waals surface area (Å²) in [6.45, 7) is 2.22. The molecular formula is C14H14N4O2. The normalized spacial score (nSPS) is 10.8. The molecule has 102 valence electrons. The number of hydrogen-bond donors (Lipinski definition) is 2. The molecule has 1 amide bonds. The molecule has 0 fully saturated rings. The van der Waals surface area contributed by atoms with Crippen LogP contribution in [0.2, 0.25) is 0 Å². The van der Waals surface area contributed by atoms with E-state index in [9.17, 15) is 4.79 Å². The van der Waals surface area contributed by atoms with Crippen LogP contribution in [0.25, 0.3) is 10.9 Å². The third kappa shape index (κ3) is 2.54. The number of fused-ring (bicyclic) bond motifs is 1. The number of benzene rings is 1. The number of rotatable bonds is 4. The fourth-order valence-corrected chi connectivity index (χ4v) is 2.05. The van der Waals surface area contributed by atoms with E-state index in [4.69, 9.17) is 0 Å². The molecule has 3 aromatic rings. The zero-order chi connectivity index (χ0) is 13.9. The van der Waals surface area contributed by atoms with Crippen LogP contribution in [0.15, 0.2) is 35.0 Å². The first kappa shape index (κ1) is 12.4. The van der Waals surface area contributed by atoms with E-state index in [1.165, 1.54) is 0 Å². The summed E-state index contributed by atoms with van der Waals surface area (Å²) >= 11 is 0. The Balaban J connectivity index is 1.61. The van der Waals surface area contributed by atoms with Gasteiger partial charge in [0.1, 0.15) is 11.4 Å². The van der Waals surface area contributed by atoms with Crippen molar-refractivity contribution in [1.29, 1.82) is 0 Å². The van der Waals surface area contributed by atoms with Crippen molar-refractivity contribution in [3.8, 4) is 0 Å². The van der Waals surface area contributed by atoms with Gasteiger partial charge < -0.3 is 10.3 Å². The van der Waals surface area contributed by atoms with E-state index < -0.39 is 0 Å². The maximum atomic E-state index is 11.8. The van der Waals surface area contributed by atoms with Gasteiger partial charge in [0.15, 0.2) is 0 Å². The molecular weight excluding hydrogens is 256 g/mol. The second-order valence-electron chi connectivity index (χ2n) is 4.63. The third-order valence-corrected chi connectivity index (χ3v) is 3.14. The molecule has 0 aliphatic rings. The lowest BCUT2D eigenvalue weighted by atomic mass is 10.2. The van der Waals surface area contributed by atoms with Gasteiger partial charge in [0.05, 0.1) is 13.0 Å². The highest BCUT2D eigenvalue weighted by molar-refractivity contribution is 5.81. The second kappa shape index (κ2) is 5.16. The molecule has 0 unspecified atom stereocenters. The van der Waals surface area contributed by atoms with E-state index in [1.807, 2.05) is 30.3 Å². The molecule has 0 aliphatic carbocycles. The van der Waals surface area contributed by atoms with Crippen LogP contribution in [0.1, 0.15) is 17.1 Å². The summed E-state index contributed by atoms with van der Waals surface area (Å²) in [4.78, 5) is 15.1. The van der Waals surface area contributed by atoms with Crippen molar-refractivity contribution < 1.29 is 9.42 Å². The summed E-state index contributed by atoms with van der Waals surface area (Å²) in [7, 11) is 0. The lowest BCUT2D eigenvalue weighted by molar-refractivity contribution is -0.120. The first-order valence-electron chi connectivity index (χ1n) is 6.34. The molecule has 20 heavy (non-hydrogen) atoms. The minimum atomic E-state index is -0.109. The first-order chi connectivity index (χ1) is 9.72. The zero-order valence-electron chi connectivity index (χ0n) is 11.0. The van der Waals surface area contributed by atoms with Crippen molar-refractivity contribution in [2.45, 2.75) is 19.9 Å². The van der Waals surface area contributed by atoms with E-state index in [1.54, 1.807) is 6.92 Å². The summed E-state index contributed by atoms with van der Waals surface area (Å²) < 4.78 is 4.56. The molecule has 0 radical (unpaired) electrons. The number of aromatic nitrogens is 3. The van der Waals surface area contributed by atoms with Crippen LogP contribution in [-0.2, 0) is 17.8 Å². The summed E-state index contributed by atoms with van der Waals surface area (Å²) in [5, 5.41) is 11.3. The minimum Gasteiger partial charge on any atom is -0.357 e. The Morgan fingerprint density at radius 2 is 2.20 bits per heavy atom. The Hall–Kier alpha value is -2.63. The highest BCUT2D eigenvalue weighted by Crippen LogP contribution is 2.14. The van der Waals surface area contributed by atoms with Crippen molar-refractivity contribution in [2.75, 3.05) is 0 Å². The van der Waals surface area contributed by atoms with Gasteiger partial charge in [-0.3, -0.25) is 4.79 Å². The van der Waals surface area contributed by atoms with Crippen LogP contribution in [-0.4, -0.2) is 21.2 Å². The van der Waals surface area contributed by atoms with Gasteiger partial charge in [-0.05, 0) is 24.4 Å². The van der Waals surface area contributed by atoms with Crippen LogP contribution < -0.4 is 5.32 Å². The molecule has 0 saturated carbocycles. The SMILES string of the molecule is Cc1nonc1CC(=O)NCc1cc2ccccc2[nH]1. The van der Waals surface area contributed by atoms with Gasteiger partial charge >= 0.3 is 0 Å². The number of para-hydroxylation sites is 1. The van der Waals surface area contributed by atoms with Gasteiger partial charge in [0.2, 0.25) is 5.91 Å². The topological polar surface area (TPSA) is 83.8 Å².